The third kappa shape index (κ3) is 11.4. The molecule has 0 aromatic heterocycles. The van der Waals surface area contributed by atoms with Crippen LogP contribution in [0.1, 0.15) is 71.6 Å². The second-order valence-corrected chi connectivity index (χ2v) is 5.72. The van der Waals surface area contributed by atoms with Crippen LogP contribution in [0, 0.1) is 5.41 Å². The van der Waals surface area contributed by atoms with Crippen LogP contribution < -0.4 is 0 Å². The monoisotopic (exact) mass is 258 g/mol. The maximum atomic E-state index is 10.4. The van der Waals surface area contributed by atoms with E-state index in [4.69, 9.17) is 10.2 Å². The number of hydrogen-bond acceptors (Lipinski definition) is 2. The summed E-state index contributed by atoms with van der Waals surface area (Å²) in [5, 5.41) is 17.1. The van der Waals surface area contributed by atoms with Crippen LogP contribution in [0.3, 0.4) is 0 Å². The highest BCUT2D eigenvalue weighted by atomic mass is 16.4. The summed E-state index contributed by atoms with van der Waals surface area (Å²) in [6.07, 6.45) is 7.12. The Kier molecular flexibility index (Phi) is 8.42. The molecule has 4 heteroatoms. The molecule has 0 fully saturated rings. The molecule has 0 atom stereocenters. The van der Waals surface area contributed by atoms with Gasteiger partial charge in [0.1, 0.15) is 0 Å². The van der Waals surface area contributed by atoms with Gasteiger partial charge in [-0.15, -0.1) is 0 Å². The van der Waals surface area contributed by atoms with Crippen molar-refractivity contribution < 1.29 is 19.8 Å². The van der Waals surface area contributed by atoms with E-state index >= 15 is 0 Å². The minimum Gasteiger partial charge on any atom is -0.481 e. The van der Waals surface area contributed by atoms with Crippen molar-refractivity contribution in [2.45, 2.75) is 71.6 Å². The van der Waals surface area contributed by atoms with Crippen LogP contribution in [-0.2, 0) is 9.59 Å². The first-order valence-electron chi connectivity index (χ1n) is 6.77. The molecule has 0 spiro atoms. The van der Waals surface area contributed by atoms with Gasteiger partial charge in [-0.3, -0.25) is 9.59 Å². The van der Waals surface area contributed by atoms with E-state index < -0.39 is 11.9 Å². The maximum absolute atomic E-state index is 10.4. The van der Waals surface area contributed by atoms with E-state index in [1.165, 1.54) is 0 Å². The van der Waals surface area contributed by atoms with E-state index in [-0.39, 0.29) is 18.3 Å². The molecule has 0 heterocycles. The summed E-state index contributed by atoms with van der Waals surface area (Å²) < 4.78 is 0. The maximum Gasteiger partial charge on any atom is 0.303 e. The molecule has 0 saturated heterocycles. The van der Waals surface area contributed by atoms with Crippen LogP contribution in [0.2, 0.25) is 0 Å². The van der Waals surface area contributed by atoms with Gasteiger partial charge in [0.15, 0.2) is 0 Å². The topological polar surface area (TPSA) is 74.6 Å². The number of rotatable bonds is 11. The summed E-state index contributed by atoms with van der Waals surface area (Å²) in [4.78, 5) is 20.7. The standard InChI is InChI=1S/C14H26O4/c1-14(2,11-7-5-9-13(17)18)10-6-3-4-8-12(15)16/h3-11H2,1-2H3,(H,15,16)(H,17,18). The average Bonchev–Trinajstić information content (AvgIpc) is 2.23. The summed E-state index contributed by atoms with van der Waals surface area (Å²) in [5.41, 5.74) is 0.238. The Morgan fingerprint density at radius 2 is 1.17 bits per heavy atom. The molecule has 0 radical (unpaired) electrons. The minimum absolute atomic E-state index is 0.238. The molecule has 0 saturated carbocycles. The highest BCUT2D eigenvalue weighted by Gasteiger charge is 2.16. The molecule has 0 aromatic rings. The predicted molar refractivity (Wildman–Crippen MR) is 70.6 cm³/mol. The van der Waals surface area contributed by atoms with Crippen LogP contribution in [0.5, 0.6) is 0 Å². The molecule has 0 unspecified atom stereocenters. The van der Waals surface area contributed by atoms with Crippen LogP contribution in [-0.4, -0.2) is 22.2 Å². The number of hydrogen-bond donors (Lipinski definition) is 2. The third-order valence-corrected chi connectivity index (χ3v) is 3.24. The van der Waals surface area contributed by atoms with Crippen molar-refractivity contribution in [3.05, 3.63) is 0 Å². The lowest BCUT2D eigenvalue weighted by Gasteiger charge is -2.24. The molecule has 4 nitrogen and oxygen atoms in total. The van der Waals surface area contributed by atoms with Crippen molar-refractivity contribution in [3.63, 3.8) is 0 Å². The highest BCUT2D eigenvalue weighted by Crippen LogP contribution is 2.30. The van der Waals surface area contributed by atoms with Gasteiger partial charge in [0.05, 0.1) is 0 Å². The number of carbonyl (C=O) groups is 2. The van der Waals surface area contributed by atoms with E-state index in [0.717, 1.165) is 44.9 Å². The summed E-state index contributed by atoms with van der Waals surface area (Å²) in [6.45, 7) is 4.40. The molecule has 0 amide bonds. The molecule has 18 heavy (non-hydrogen) atoms. The molecular formula is C14H26O4. The largest absolute Gasteiger partial charge is 0.481 e. The van der Waals surface area contributed by atoms with E-state index in [1.807, 2.05) is 0 Å². The number of unbranched alkanes of at least 4 members (excludes halogenated alkanes) is 3. The summed E-state index contributed by atoms with van der Waals surface area (Å²) in [7, 11) is 0. The lowest BCUT2D eigenvalue weighted by molar-refractivity contribution is -0.138. The van der Waals surface area contributed by atoms with E-state index in [0.29, 0.717) is 0 Å². The van der Waals surface area contributed by atoms with E-state index in [1.54, 1.807) is 0 Å². The van der Waals surface area contributed by atoms with Gasteiger partial charge < -0.3 is 10.2 Å². The van der Waals surface area contributed by atoms with Crippen LogP contribution in [0.25, 0.3) is 0 Å². The molecule has 0 aromatic carbocycles. The Morgan fingerprint density at radius 1 is 0.778 bits per heavy atom. The van der Waals surface area contributed by atoms with E-state index in [2.05, 4.69) is 13.8 Å². The van der Waals surface area contributed by atoms with Crippen molar-refractivity contribution in [1.29, 1.82) is 0 Å². The van der Waals surface area contributed by atoms with Gasteiger partial charge in [-0.1, -0.05) is 33.1 Å². The normalized spacial score (nSPS) is 11.4. The third-order valence-electron chi connectivity index (χ3n) is 3.24. The molecule has 106 valence electrons. The second kappa shape index (κ2) is 8.95. The molecule has 2 N–H and O–H groups in total. The van der Waals surface area contributed by atoms with Crippen LogP contribution >= 0.6 is 0 Å². The molecule has 0 aliphatic rings. The number of aliphatic carboxylic acids is 2. The fourth-order valence-electron chi connectivity index (χ4n) is 2.06. The SMILES string of the molecule is CC(C)(CCCCCC(=O)O)CCCCC(=O)O. The lowest BCUT2D eigenvalue weighted by atomic mass is 9.82. The Morgan fingerprint density at radius 3 is 1.61 bits per heavy atom. The van der Waals surface area contributed by atoms with Crippen molar-refractivity contribution >= 4 is 11.9 Å². The summed E-state index contributed by atoms with van der Waals surface area (Å²) >= 11 is 0. The predicted octanol–water partition coefficient (Wildman–Crippen LogP) is 3.69. The first-order chi connectivity index (χ1) is 8.33. The van der Waals surface area contributed by atoms with Gasteiger partial charge in [-0.25, -0.2) is 0 Å². The molecular weight excluding hydrogens is 232 g/mol. The Bertz CT molecular complexity index is 259. The van der Waals surface area contributed by atoms with E-state index in [9.17, 15) is 9.59 Å². The fraction of sp³-hybridized carbons (Fsp3) is 0.857. The first kappa shape index (κ1) is 16.9. The van der Waals surface area contributed by atoms with Crippen LogP contribution in [0.15, 0.2) is 0 Å². The van der Waals surface area contributed by atoms with Gasteiger partial charge in [0.2, 0.25) is 0 Å². The zero-order chi connectivity index (χ0) is 14.0. The van der Waals surface area contributed by atoms with Gasteiger partial charge in [-0.05, 0) is 31.1 Å². The number of carboxylic acids is 2. The van der Waals surface area contributed by atoms with Crippen molar-refractivity contribution in [3.8, 4) is 0 Å². The van der Waals surface area contributed by atoms with Gasteiger partial charge >= 0.3 is 11.9 Å². The summed E-state index contributed by atoms with van der Waals surface area (Å²) in [6, 6.07) is 0. The van der Waals surface area contributed by atoms with Gasteiger partial charge in [-0.2, -0.15) is 0 Å². The minimum atomic E-state index is -0.721. The first-order valence-corrected chi connectivity index (χ1v) is 6.77. The van der Waals surface area contributed by atoms with Crippen molar-refractivity contribution in [1.82, 2.24) is 0 Å². The quantitative estimate of drug-likeness (QED) is 0.554. The number of carboxylic acid groups (broad SMARTS) is 2. The smallest absolute Gasteiger partial charge is 0.303 e. The zero-order valence-electron chi connectivity index (χ0n) is 11.6. The Labute approximate surface area is 109 Å². The average molecular weight is 258 g/mol. The molecule has 0 aliphatic heterocycles. The van der Waals surface area contributed by atoms with Crippen molar-refractivity contribution in [2.24, 2.45) is 5.41 Å². The molecule has 0 aliphatic carbocycles. The van der Waals surface area contributed by atoms with Crippen LogP contribution in [0.4, 0.5) is 0 Å². The molecule has 0 rings (SSSR count). The molecule has 0 bridgehead atoms. The second-order valence-electron chi connectivity index (χ2n) is 5.72. The van der Waals surface area contributed by atoms with Crippen molar-refractivity contribution in [2.75, 3.05) is 0 Å². The highest BCUT2D eigenvalue weighted by molar-refractivity contribution is 5.66. The van der Waals surface area contributed by atoms with Gasteiger partial charge in [0.25, 0.3) is 0 Å². The summed E-state index contributed by atoms with van der Waals surface area (Å²) in [5.74, 6) is -1.44. The Hall–Kier alpha value is -1.06. The zero-order valence-corrected chi connectivity index (χ0v) is 11.6. The van der Waals surface area contributed by atoms with Gasteiger partial charge in [0, 0.05) is 12.8 Å². The Balaban J connectivity index is 3.54. The fourth-order valence-corrected chi connectivity index (χ4v) is 2.06. The lowest BCUT2D eigenvalue weighted by Crippen LogP contribution is -2.11.